The van der Waals surface area contributed by atoms with Gasteiger partial charge in [-0.1, -0.05) is 12.1 Å². The molecule has 3 rings (SSSR count). The molecule has 1 fully saturated rings. The molecule has 6 nitrogen and oxygen atoms in total. The molecule has 1 aliphatic rings. The summed E-state index contributed by atoms with van der Waals surface area (Å²) in [5.41, 5.74) is 1.56. The molecule has 0 saturated carbocycles. The average Bonchev–Trinajstić information content (AvgIpc) is 3.01. The van der Waals surface area contributed by atoms with Crippen molar-refractivity contribution in [3.63, 3.8) is 0 Å². The van der Waals surface area contributed by atoms with Crippen molar-refractivity contribution in [3.05, 3.63) is 49.0 Å². The van der Waals surface area contributed by atoms with Crippen molar-refractivity contribution in [2.75, 3.05) is 40.3 Å². The molecule has 0 unspecified atom stereocenters. The lowest BCUT2D eigenvalue weighted by Crippen LogP contribution is -2.48. The summed E-state index contributed by atoms with van der Waals surface area (Å²) < 4.78 is 0.985. The van der Waals surface area contributed by atoms with Crippen molar-refractivity contribution < 1.29 is 9.59 Å². The summed E-state index contributed by atoms with van der Waals surface area (Å²) in [4.78, 5) is 36.0. The zero-order valence-corrected chi connectivity index (χ0v) is 18.7. The molecule has 0 radical (unpaired) electrons. The van der Waals surface area contributed by atoms with Gasteiger partial charge < -0.3 is 9.80 Å². The van der Waals surface area contributed by atoms with E-state index < -0.39 is 0 Å². The molecule has 8 heteroatoms. The number of benzene rings is 1. The van der Waals surface area contributed by atoms with Gasteiger partial charge in [-0.15, -0.1) is 11.3 Å². The largest absolute Gasteiger partial charge is 0.344 e. The number of carbonyl (C=O) groups is 2. The first-order chi connectivity index (χ1) is 12.9. The highest BCUT2D eigenvalue weighted by Gasteiger charge is 2.24. The van der Waals surface area contributed by atoms with Crippen molar-refractivity contribution in [2.45, 2.75) is 13.5 Å². The molecule has 144 valence electrons. The third kappa shape index (κ3) is 4.67. The molecule has 1 saturated heterocycles. The minimum atomic E-state index is 0.00382. The molecule has 1 aromatic heterocycles. The maximum atomic E-state index is 12.7. The summed E-state index contributed by atoms with van der Waals surface area (Å²) in [7, 11) is 3.51. The Bertz CT molecular complexity index is 844. The Morgan fingerprint density at radius 1 is 1.19 bits per heavy atom. The minimum absolute atomic E-state index is 0.00382. The van der Waals surface area contributed by atoms with Crippen LogP contribution in [0.1, 0.15) is 30.7 Å². The SMILES string of the molecule is Cc1nc(CN2CCN(C(=O)c3ccccc3I)CC2)sc1C(=O)N(C)C. The maximum absolute atomic E-state index is 12.7. The maximum Gasteiger partial charge on any atom is 0.265 e. The van der Waals surface area contributed by atoms with E-state index in [1.807, 2.05) is 36.1 Å². The van der Waals surface area contributed by atoms with Crippen molar-refractivity contribution >= 4 is 45.7 Å². The fraction of sp³-hybridized carbons (Fsp3) is 0.421. The standard InChI is InChI=1S/C19H23IN4O2S/c1-13-17(19(26)22(2)3)27-16(21-13)12-23-8-10-24(11-9-23)18(25)14-6-4-5-7-15(14)20/h4-7H,8-12H2,1-3H3. The van der Waals surface area contributed by atoms with Crippen molar-refractivity contribution in [1.82, 2.24) is 19.7 Å². The van der Waals surface area contributed by atoms with Gasteiger partial charge in [-0.3, -0.25) is 14.5 Å². The summed E-state index contributed by atoms with van der Waals surface area (Å²) in [6, 6.07) is 7.70. The molecule has 2 amide bonds. The van der Waals surface area contributed by atoms with E-state index in [1.54, 1.807) is 19.0 Å². The van der Waals surface area contributed by atoms with Crippen LogP contribution in [0, 0.1) is 10.5 Å². The number of rotatable bonds is 4. The topological polar surface area (TPSA) is 56.8 Å². The molecule has 2 heterocycles. The molecule has 1 aromatic carbocycles. The molecule has 0 atom stereocenters. The van der Waals surface area contributed by atoms with Gasteiger partial charge in [0.05, 0.1) is 17.8 Å². The van der Waals surface area contributed by atoms with Crippen LogP contribution in [0.25, 0.3) is 0 Å². The normalized spacial score (nSPS) is 15.0. The van der Waals surface area contributed by atoms with Gasteiger partial charge in [0.2, 0.25) is 0 Å². The van der Waals surface area contributed by atoms with E-state index in [0.29, 0.717) is 18.0 Å². The summed E-state index contributed by atoms with van der Waals surface area (Å²) >= 11 is 3.68. The number of hydrogen-bond donors (Lipinski definition) is 0. The van der Waals surface area contributed by atoms with Gasteiger partial charge in [0.15, 0.2) is 0 Å². The van der Waals surface area contributed by atoms with Gasteiger partial charge in [-0.25, -0.2) is 4.98 Å². The Morgan fingerprint density at radius 2 is 1.85 bits per heavy atom. The lowest BCUT2D eigenvalue weighted by Gasteiger charge is -2.34. The van der Waals surface area contributed by atoms with Gasteiger partial charge in [0.25, 0.3) is 11.8 Å². The lowest BCUT2D eigenvalue weighted by atomic mass is 10.2. The highest BCUT2D eigenvalue weighted by Crippen LogP contribution is 2.22. The predicted molar refractivity (Wildman–Crippen MR) is 115 cm³/mol. The fourth-order valence-corrected chi connectivity index (χ4v) is 4.77. The molecule has 0 N–H and O–H groups in total. The fourth-order valence-electron chi connectivity index (χ4n) is 3.03. The van der Waals surface area contributed by atoms with Gasteiger partial charge in [-0.2, -0.15) is 0 Å². The predicted octanol–water partition coefficient (Wildman–Crippen LogP) is 2.72. The number of halogens is 1. The molecule has 0 spiro atoms. The number of aryl methyl sites for hydroxylation is 1. The van der Waals surface area contributed by atoms with Crippen LogP contribution in [0.2, 0.25) is 0 Å². The zero-order valence-electron chi connectivity index (χ0n) is 15.7. The van der Waals surface area contributed by atoms with E-state index in [1.165, 1.54) is 11.3 Å². The second kappa shape index (κ2) is 8.66. The van der Waals surface area contributed by atoms with Gasteiger partial charge in [0, 0.05) is 43.8 Å². The quantitative estimate of drug-likeness (QED) is 0.609. The third-order valence-electron chi connectivity index (χ3n) is 4.56. The average molecular weight is 498 g/mol. The minimum Gasteiger partial charge on any atom is -0.344 e. The van der Waals surface area contributed by atoms with Crippen molar-refractivity contribution in [2.24, 2.45) is 0 Å². The molecule has 0 bridgehead atoms. The Kier molecular flexibility index (Phi) is 6.48. The molecule has 27 heavy (non-hydrogen) atoms. The Labute approximate surface area is 177 Å². The lowest BCUT2D eigenvalue weighted by molar-refractivity contribution is 0.0627. The van der Waals surface area contributed by atoms with Crippen LogP contribution in [0.3, 0.4) is 0 Å². The third-order valence-corrected chi connectivity index (χ3v) is 6.63. The van der Waals surface area contributed by atoms with Crippen LogP contribution in [-0.2, 0) is 6.54 Å². The van der Waals surface area contributed by atoms with Crippen LogP contribution in [-0.4, -0.2) is 71.8 Å². The summed E-state index contributed by atoms with van der Waals surface area (Å²) in [5.74, 6) is 0.104. The Balaban J connectivity index is 1.59. The smallest absolute Gasteiger partial charge is 0.265 e. The highest BCUT2D eigenvalue weighted by atomic mass is 127. The monoisotopic (exact) mass is 498 g/mol. The molecule has 2 aromatic rings. The van der Waals surface area contributed by atoms with E-state index in [9.17, 15) is 9.59 Å². The first kappa shape index (κ1) is 20.2. The molecule has 1 aliphatic heterocycles. The Morgan fingerprint density at radius 3 is 2.48 bits per heavy atom. The van der Waals surface area contributed by atoms with Gasteiger partial charge in [0.1, 0.15) is 9.88 Å². The first-order valence-electron chi connectivity index (χ1n) is 8.81. The van der Waals surface area contributed by atoms with Gasteiger partial charge >= 0.3 is 0 Å². The molecule has 0 aliphatic carbocycles. The van der Waals surface area contributed by atoms with E-state index in [2.05, 4.69) is 32.5 Å². The summed E-state index contributed by atoms with van der Waals surface area (Å²) in [5, 5.41) is 0.954. The van der Waals surface area contributed by atoms with Crippen molar-refractivity contribution in [1.29, 1.82) is 0 Å². The molecular weight excluding hydrogens is 475 g/mol. The zero-order chi connectivity index (χ0) is 19.6. The number of amides is 2. The van der Waals surface area contributed by atoms with Crippen LogP contribution < -0.4 is 0 Å². The second-order valence-electron chi connectivity index (χ2n) is 6.77. The van der Waals surface area contributed by atoms with E-state index in [4.69, 9.17) is 0 Å². The number of thiazole rings is 1. The van der Waals surface area contributed by atoms with E-state index in [0.717, 1.165) is 39.5 Å². The molecular formula is C19H23IN4O2S. The highest BCUT2D eigenvalue weighted by molar-refractivity contribution is 14.1. The second-order valence-corrected chi connectivity index (χ2v) is 9.02. The number of nitrogens with zero attached hydrogens (tertiary/aromatic N) is 4. The number of carbonyl (C=O) groups excluding carboxylic acids is 2. The van der Waals surface area contributed by atoms with Crippen molar-refractivity contribution in [3.8, 4) is 0 Å². The summed E-state index contributed by atoms with van der Waals surface area (Å²) in [6.07, 6.45) is 0. The number of piperazine rings is 1. The first-order valence-corrected chi connectivity index (χ1v) is 10.7. The van der Waals surface area contributed by atoms with Crippen LogP contribution in [0.15, 0.2) is 24.3 Å². The van der Waals surface area contributed by atoms with E-state index in [-0.39, 0.29) is 11.8 Å². The van der Waals surface area contributed by atoms with Crippen LogP contribution in [0.4, 0.5) is 0 Å². The summed E-state index contributed by atoms with van der Waals surface area (Å²) in [6.45, 7) is 5.64. The van der Waals surface area contributed by atoms with Crippen LogP contribution >= 0.6 is 33.9 Å². The number of aromatic nitrogens is 1. The van der Waals surface area contributed by atoms with E-state index >= 15 is 0 Å². The number of hydrogen-bond acceptors (Lipinski definition) is 5. The van der Waals surface area contributed by atoms with Crippen LogP contribution in [0.5, 0.6) is 0 Å². The van der Waals surface area contributed by atoms with Gasteiger partial charge in [-0.05, 0) is 41.6 Å². The Hall–Kier alpha value is -1.52.